The van der Waals surface area contributed by atoms with Crippen molar-refractivity contribution in [2.45, 2.75) is 38.3 Å². The van der Waals surface area contributed by atoms with Crippen LogP contribution >= 0.6 is 0 Å². The van der Waals surface area contributed by atoms with Crippen LogP contribution in [0, 0.1) is 0 Å². The fourth-order valence-corrected chi connectivity index (χ4v) is 4.37. The van der Waals surface area contributed by atoms with E-state index in [0.717, 1.165) is 43.0 Å². The Kier molecular flexibility index (Phi) is 5.34. The van der Waals surface area contributed by atoms with Gasteiger partial charge in [-0.3, -0.25) is 9.69 Å². The lowest BCUT2D eigenvalue weighted by molar-refractivity contribution is 0.100. The summed E-state index contributed by atoms with van der Waals surface area (Å²) in [6, 6.07) is 5.47. The summed E-state index contributed by atoms with van der Waals surface area (Å²) in [6.07, 6.45) is 11.8. The number of aromatic nitrogens is 2. The molecule has 1 aliphatic carbocycles. The first-order valence-corrected chi connectivity index (χ1v) is 10.3. The molecule has 0 spiro atoms. The van der Waals surface area contributed by atoms with Crippen LogP contribution in [0.2, 0.25) is 0 Å². The first kappa shape index (κ1) is 19.5. The number of rotatable bonds is 6. The van der Waals surface area contributed by atoms with Crippen molar-refractivity contribution in [2.24, 2.45) is 11.5 Å². The van der Waals surface area contributed by atoms with Gasteiger partial charge in [-0.2, -0.15) is 0 Å². The summed E-state index contributed by atoms with van der Waals surface area (Å²) >= 11 is 0. The molecule has 2 heterocycles. The number of carbonyl (C=O) groups excluding carboxylic acids is 1. The van der Waals surface area contributed by atoms with E-state index in [1.165, 1.54) is 19.2 Å². The van der Waals surface area contributed by atoms with E-state index in [1.807, 2.05) is 12.1 Å². The second-order valence-electron chi connectivity index (χ2n) is 7.79. The van der Waals surface area contributed by atoms with Gasteiger partial charge < -0.3 is 16.4 Å². The summed E-state index contributed by atoms with van der Waals surface area (Å²) < 4.78 is 0. The highest BCUT2D eigenvalue weighted by atomic mass is 16.1. The maximum atomic E-state index is 11.9. The third-order valence-electron chi connectivity index (χ3n) is 5.79. The predicted molar refractivity (Wildman–Crippen MR) is 115 cm³/mol. The van der Waals surface area contributed by atoms with Gasteiger partial charge in [0, 0.05) is 37.1 Å². The van der Waals surface area contributed by atoms with Crippen LogP contribution in [0.15, 0.2) is 48.5 Å². The number of nitrogens with two attached hydrogens (primary N) is 2. The Balaban J connectivity index is 1.75. The molecular weight excluding hydrogens is 364 g/mol. The molecule has 7 heteroatoms. The smallest absolute Gasteiger partial charge is 0.250 e. The average Bonchev–Trinajstić information content (AvgIpc) is 3.27. The van der Waals surface area contributed by atoms with Crippen molar-refractivity contribution in [2.75, 3.05) is 24.5 Å². The molecule has 4 N–H and O–H groups in total. The third kappa shape index (κ3) is 3.63. The van der Waals surface area contributed by atoms with Crippen molar-refractivity contribution in [3.05, 3.63) is 54.0 Å². The van der Waals surface area contributed by atoms with Crippen LogP contribution < -0.4 is 16.4 Å². The standard InChI is InChI=1S/C22H28N6O/c1-2-11-28(16-7-6-10-22(24,14-16)27-12-3-4-13-27)21-18-9-5-8-17(20(23)29)19(18)25-15-26-21/h5-10,15H,2-4,11-14,24H2,1H3,(H2,23,29)/t22-/m0/s1. The Bertz CT molecular complexity index is 978. The Labute approximate surface area is 171 Å². The Hall–Kier alpha value is -2.77. The number of fused-ring (bicyclic) bond motifs is 1. The van der Waals surface area contributed by atoms with E-state index in [4.69, 9.17) is 11.5 Å². The summed E-state index contributed by atoms with van der Waals surface area (Å²) in [7, 11) is 0. The number of benzene rings is 1. The maximum Gasteiger partial charge on any atom is 0.250 e. The molecule has 4 rings (SSSR count). The molecule has 29 heavy (non-hydrogen) atoms. The SMILES string of the molecule is CCCN(C1=CC=C[C@](N)(N2CCCC2)C1)c1ncnc2c(C(N)=O)cccc12. The summed E-state index contributed by atoms with van der Waals surface area (Å²) in [5.41, 5.74) is 14.0. The number of likely N-dealkylation sites (tertiary alicyclic amines) is 1. The zero-order chi connectivity index (χ0) is 20.4. The van der Waals surface area contributed by atoms with Crippen molar-refractivity contribution >= 4 is 22.6 Å². The fraction of sp³-hybridized carbons (Fsp3) is 0.409. The van der Waals surface area contributed by atoms with Crippen molar-refractivity contribution in [1.29, 1.82) is 0 Å². The predicted octanol–water partition coefficient (Wildman–Crippen LogP) is 2.54. The highest BCUT2D eigenvalue weighted by Crippen LogP contribution is 2.34. The van der Waals surface area contributed by atoms with E-state index >= 15 is 0 Å². The first-order valence-electron chi connectivity index (χ1n) is 10.3. The van der Waals surface area contributed by atoms with Crippen LogP contribution in [0.3, 0.4) is 0 Å². The topological polar surface area (TPSA) is 101 Å². The number of para-hydroxylation sites is 1. The zero-order valence-electron chi connectivity index (χ0n) is 16.8. The Morgan fingerprint density at radius 1 is 1.28 bits per heavy atom. The molecule has 7 nitrogen and oxygen atoms in total. The van der Waals surface area contributed by atoms with E-state index in [0.29, 0.717) is 17.5 Å². The van der Waals surface area contributed by atoms with Crippen molar-refractivity contribution < 1.29 is 4.79 Å². The average molecular weight is 393 g/mol. The molecule has 2 aromatic rings. The van der Waals surface area contributed by atoms with Crippen LogP contribution in [0.5, 0.6) is 0 Å². The molecule has 0 unspecified atom stereocenters. The Morgan fingerprint density at radius 3 is 2.79 bits per heavy atom. The van der Waals surface area contributed by atoms with Crippen molar-refractivity contribution in [3.8, 4) is 0 Å². The molecule has 1 aromatic heterocycles. The number of nitrogens with zero attached hydrogens (tertiary/aromatic N) is 4. The largest absolute Gasteiger partial charge is 0.366 e. The van der Waals surface area contributed by atoms with Crippen molar-refractivity contribution in [1.82, 2.24) is 14.9 Å². The summed E-state index contributed by atoms with van der Waals surface area (Å²) in [6.45, 7) is 4.99. The first-order chi connectivity index (χ1) is 14.0. The van der Waals surface area contributed by atoms with E-state index in [1.54, 1.807) is 6.07 Å². The van der Waals surface area contributed by atoms with Crippen LogP contribution in [0.25, 0.3) is 10.9 Å². The highest BCUT2D eigenvalue weighted by molar-refractivity contribution is 6.07. The van der Waals surface area contributed by atoms with Gasteiger partial charge in [0.05, 0.1) is 16.7 Å². The summed E-state index contributed by atoms with van der Waals surface area (Å²) in [4.78, 5) is 25.4. The molecule has 1 saturated heterocycles. The molecular formula is C22H28N6O. The molecule has 152 valence electrons. The molecule has 1 aromatic carbocycles. The second-order valence-corrected chi connectivity index (χ2v) is 7.79. The maximum absolute atomic E-state index is 11.9. The van der Waals surface area contributed by atoms with E-state index in [9.17, 15) is 4.79 Å². The number of primary amides is 1. The third-order valence-corrected chi connectivity index (χ3v) is 5.79. The van der Waals surface area contributed by atoms with Gasteiger partial charge in [-0.05, 0) is 43.5 Å². The van der Waals surface area contributed by atoms with Gasteiger partial charge >= 0.3 is 0 Å². The molecule has 0 bridgehead atoms. The second kappa shape index (κ2) is 7.93. The zero-order valence-corrected chi connectivity index (χ0v) is 16.8. The molecule has 0 radical (unpaired) electrons. The van der Waals surface area contributed by atoms with Crippen LogP contribution in [-0.2, 0) is 0 Å². The van der Waals surface area contributed by atoms with Gasteiger partial charge in [-0.1, -0.05) is 19.1 Å². The minimum absolute atomic E-state index is 0.408. The number of carbonyl (C=O) groups is 1. The molecule has 1 fully saturated rings. The van der Waals surface area contributed by atoms with Gasteiger partial charge in [0.15, 0.2) is 0 Å². The van der Waals surface area contributed by atoms with Crippen LogP contribution in [0.1, 0.15) is 43.0 Å². The lowest BCUT2D eigenvalue weighted by Gasteiger charge is -2.41. The molecule has 0 saturated carbocycles. The normalized spacial score (nSPS) is 22.1. The summed E-state index contributed by atoms with van der Waals surface area (Å²) in [5, 5.41) is 0.816. The minimum Gasteiger partial charge on any atom is -0.366 e. The van der Waals surface area contributed by atoms with Gasteiger partial charge in [0.25, 0.3) is 5.91 Å². The summed E-state index contributed by atoms with van der Waals surface area (Å²) in [5.74, 6) is 0.294. The highest BCUT2D eigenvalue weighted by Gasteiger charge is 2.35. The lowest BCUT2D eigenvalue weighted by atomic mass is 9.96. The lowest BCUT2D eigenvalue weighted by Crippen LogP contribution is -2.55. The minimum atomic E-state index is -0.489. The number of amides is 1. The van der Waals surface area contributed by atoms with Gasteiger partial charge in [0.1, 0.15) is 12.1 Å². The van der Waals surface area contributed by atoms with Gasteiger partial charge in [0.2, 0.25) is 0 Å². The quantitative estimate of drug-likeness (QED) is 0.783. The molecule has 1 amide bonds. The van der Waals surface area contributed by atoms with Gasteiger partial charge in [-0.15, -0.1) is 0 Å². The van der Waals surface area contributed by atoms with Crippen LogP contribution in [-0.4, -0.2) is 46.1 Å². The van der Waals surface area contributed by atoms with Crippen molar-refractivity contribution in [3.63, 3.8) is 0 Å². The number of anilines is 1. The molecule has 2 aliphatic rings. The van der Waals surface area contributed by atoms with Gasteiger partial charge in [-0.25, -0.2) is 9.97 Å². The monoisotopic (exact) mass is 392 g/mol. The number of hydrogen-bond donors (Lipinski definition) is 2. The molecule has 1 atom stereocenters. The number of hydrogen-bond acceptors (Lipinski definition) is 6. The fourth-order valence-electron chi connectivity index (χ4n) is 4.37. The van der Waals surface area contributed by atoms with E-state index in [-0.39, 0.29) is 0 Å². The van der Waals surface area contributed by atoms with E-state index < -0.39 is 11.6 Å². The molecule has 1 aliphatic heterocycles. The van der Waals surface area contributed by atoms with E-state index in [2.05, 4.69) is 44.9 Å². The van der Waals surface area contributed by atoms with Crippen LogP contribution in [0.4, 0.5) is 5.82 Å². The number of allylic oxidation sites excluding steroid dienone is 2. The Morgan fingerprint density at radius 2 is 2.07 bits per heavy atom.